The molecule has 1 aromatic rings. The molecule has 116 valence electrons. The second kappa shape index (κ2) is 6.89. The Bertz CT molecular complexity index is 583. The van der Waals surface area contributed by atoms with E-state index in [0.717, 1.165) is 5.69 Å². The van der Waals surface area contributed by atoms with Gasteiger partial charge < -0.3 is 15.1 Å². The van der Waals surface area contributed by atoms with E-state index in [2.05, 4.69) is 15.2 Å². The Hall–Kier alpha value is -2.62. The van der Waals surface area contributed by atoms with Gasteiger partial charge in [0, 0.05) is 32.2 Å². The van der Waals surface area contributed by atoms with Gasteiger partial charge in [-0.25, -0.2) is 4.98 Å². The van der Waals surface area contributed by atoms with Crippen LogP contribution in [0.2, 0.25) is 0 Å². The molecule has 1 N–H and O–H groups in total. The van der Waals surface area contributed by atoms with Gasteiger partial charge in [0.05, 0.1) is 11.9 Å². The van der Waals surface area contributed by atoms with Crippen molar-refractivity contribution in [2.24, 2.45) is 0 Å². The highest BCUT2D eigenvalue weighted by Gasteiger charge is 2.26. The Morgan fingerprint density at radius 2 is 1.95 bits per heavy atom. The van der Waals surface area contributed by atoms with Gasteiger partial charge in [-0.3, -0.25) is 9.59 Å². The highest BCUT2D eigenvalue weighted by atomic mass is 16.2. The zero-order chi connectivity index (χ0) is 16.1. The minimum Gasteiger partial charge on any atom is -0.367 e. The number of hydrogen-bond donors (Lipinski definition) is 1. The van der Waals surface area contributed by atoms with Crippen LogP contribution >= 0.6 is 0 Å². The van der Waals surface area contributed by atoms with Crippen LogP contribution in [0.25, 0.3) is 0 Å². The maximum atomic E-state index is 12.0. The summed E-state index contributed by atoms with van der Waals surface area (Å²) in [6.07, 6.45) is 1.65. The van der Waals surface area contributed by atoms with E-state index in [1.54, 1.807) is 17.2 Å². The molecule has 7 heteroatoms. The summed E-state index contributed by atoms with van der Waals surface area (Å²) in [5.41, 5.74) is 1.29. The van der Waals surface area contributed by atoms with Crippen LogP contribution in [0.4, 0.5) is 5.69 Å². The quantitative estimate of drug-likeness (QED) is 0.784. The second-order valence-electron chi connectivity index (χ2n) is 5.42. The molecular formula is C15H19N5O2. The Balaban J connectivity index is 1.91. The molecule has 1 aromatic heterocycles. The summed E-state index contributed by atoms with van der Waals surface area (Å²) in [4.78, 5) is 31.4. The zero-order valence-corrected chi connectivity index (χ0v) is 12.7. The minimum absolute atomic E-state index is 0.0533. The number of piperazine rings is 1. The molecule has 0 saturated carbocycles. The Morgan fingerprint density at radius 3 is 2.45 bits per heavy atom. The Labute approximate surface area is 129 Å². The molecular weight excluding hydrogens is 282 g/mol. The van der Waals surface area contributed by atoms with Crippen LogP contribution in [-0.2, 0) is 9.59 Å². The van der Waals surface area contributed by atoms with Crippen LogP contribution in [0.15, 0.2) is 18.3 Å². The number of pyridine rings is 1. The smallest absolute Gasteiger partial charge is 0.312 e. The van der Waals surface area contributed by atoms with Gasteiger partial charge in [-0.15, -0.1) is 0 Å². The van der Waals surface area contributed by atoms with Crippen molar-refractivity contribution < 1.29 is 9.59 Å². The molecule has 1 aliphatic rings. The fourth-order valence-corrected chi connectivity index (χ4v) is 2.27. The first-order valence-electron chi connectivity index (χ1n) is 7.22. The number of anilines is 1. The van der Waals surface area contributed by atoms with Crippen LogP contribution in [-0.4, -0.2) is 53.9 Å². The van der Waals surface area contributed by atoms with Gasteiger partial charge in [0.1, 0.15) is 11.8 Å². The van der Waals surface area contributed by atoms with E-state index in [1.165, 1.54) is 0 Å². The van der Waals surface area contributed by atoms with Gasteiger partial charge in [-0.1, -0.05) is 0 Å². The Morgan fingerprint density at radius 1 is 1.27 bits per heavy atom. The van der Waals surface area contributed by atoms with E-state index in [9.17, 15) is 9.59 Å². The molecule has 0 spiro atoms. The third-order valence-corrected chi connectivity index (χ3v) is 3.41. The average Bonchev–Trinajstić information content (AvgIpc) is 2.54. The van der Waals surface area contributed by atoms with E-state index >= 15 is 0 Å². The molecule has 1 saturated heterocycles. The lowest BCUT2D eigenvalue weighted by Gasteiger charge is -2.35. The number of nitrogens with zero attached hydrogens (tertiary/aromatic N) is 4. The summed E-state index contributed by atoms with van der Waals surface area (Å²) in [5.74, 6) is -1.03. The van der Waals surface area contributed by atoms with Crippen molar-refractivity contribution in [1.29, 1.82) is 5.26 Å². The number of nitriles is 1. The molecule has 0 atom stereocenters. The lowest BCUT2D eigenvalue weighted by molar-refractivity contribution is -0.146. The van der Waals surface area contributed by atoms with E-state index in [0.29, 0.717) is 31.9 Å². The predicted molar refractivity (Wildman–Crippen MR) is 81.0 cm³/mol. The summed E-state index contributed by atoms with van der Waals surface area (Å²) < 4.78 is 0. The maximum Gasteiger partial charge on any atom is 0.312 e. The first kappa shape index (κ1) is 15.8. The number of carbonyl (C=O) groups is 2. The summed E-state index contributed by atoms with van der Waals surface area (Å²) in [6.45, 7) is 5.89. The van der Waals surface area contributed by atoms with Crippen molar-refractivity contribution in [2.45, 2.75) is 19.9 Å². The maximum absolute atomic E-state index is 12.0. The van der Waals surface area contributed by atoms with E-state index in [4.69, 9.17) is 5.26 Å². The van der Waals surface area contributed by atoms with Crippen molar-refractivity contribution >= 4 is 17.5 Å². The molecule has 1 aliphatic heterocycles. The molecule has 22 heavy (non-hydrogen) atoms. The summed E-state index contributed by atoms with van der Waals surface area (Å²) >= 11 is 0. The molecule has 0 radical (unpaired) electrons. The van der Waals surface area contributed by atoms with E-state index < -0.39 is 11.8 Å². The molecule has 2 heterocycles. The highest BCUT2D eigenvalue weighted by molar-refractivity contribution is 6.35. The average molecular weight is 301 g/mol. The predicted octanol–water partition coefficient (Wildman–Crippen LogP) is 0.126. The SMILES string of the molecule is CC(C)NC(=O)C(=O)N1CCN(c2ccc(C#N)nc2)CC1. The van der Waals surface area contributed by atoms with Crippen molar-refractivity contribution in [3.8, 4) is 6.07 Å². The normalized spacial score (nSPS) is 14.6. The first-order chi connectivity index (χ1) is 10.5. The van der Waals surface area contributed by atoms with Gasteiger partial charge in [-0.2, -0.15) is 5.26 Å². The molecule has 0 bridgehead atoms. The number of nitrogens with one attached hydrogen (secondary N) is 1. The lowest BCUT2D eigenvalue weighted by Crippen LogP contribution is -2.53. The number of hydrogen-bond acceptors (Lipinski definition) is 5. The van der Waals surface area contributed by atoms with E-state index in [-0.39, 0.29) is 6.04 Å². The van der Waals surface area contributed by atoms with Crippen LogP contribution < -0.4 is 10.2 Å². The first-order valence-corrected chi connectivity index (χ1v) is 7.22. The summed E-state index contributed by atoms with van der Waals surface area (Å²) in [6, 6.07) is 5.44. The third-order valence-electron chi connectivity index (χ3n) is 3.41. The number of amides is 2. The van der Waals surface area contributed by atoms with Crippen molar-refractivity contribution in [2.75, 3.05) is 31.1 Å². The number of carbonyl (C=O) groups excluding carboxylic acids is 2. The lowest BCUT2D eigenvalue weighted by atomic mass is 10.2. The summed E-state index contributed by atoms with van der Waals surface area (Å²) in [7, 11) is 0. The van der Waals surface area contributed by atoms with Gasteiger partial charge in [0.25, 0.3) is 0 Å². The minimum atomic E-state index is -0.552. The fraction of sp³-hybridized carbons (Fsp3) is 0.467. The fourth-order valence-electron chi connectivity index (χ4n) is 2.27. The van der Waals surface area contributed by atoms with Gasteiger partial charge in [0.15, 0.2) is 0 Å². The molecule has 0 unspecified atom stereocenters. The molecule has 0 aliphatic carbocycles. The largest absolute Gasteiger partial charge is 0.367 e. The molecule has 0 aromatic carbocycles. The van der Waals surface area contributed by atoms with Gasteiger partial charge >= 0.3 is 11.8 Å². The Kier molecular flexibility index (Phi) is 4.94. The molecule has 1 fully saturated rings. The van der Waals surface area contributed by atoms with E-state index in [1.807, 2.05) is 26.0 Å². The second-order valence-corrected chi connectivity index (χ2v) is 5.42. The van der Waals surface area contributed by atoms with Crippen molar-refractivity contribution in [3.63, 3.8) is 0 Å². The third kappa shape index (κ3) is 3.73. The van der Waals surface area contributed by atoms with Crippen molar-refractivity contribution in [3.05, 3.63) is 24.0 Å². The molecule has 2 amide bonds. The van der Waals surface area contributed by atoms with Crippen LogP contribution in [0.5, 0.6) is 0 Å². The zero-order valence-electron chi connectivity index (χ0n) is 12.7. The summed E-state index contributed by atoms with van der Waals surface area (Å²) in [5, 5.41) is 11.4. The molecule has 2 rings (SSSR count). The van der Waals surface area contributed by atoms with Crippen molar-refractivity contribution in [1.82, 2.24) is 15.2 Å². The molecule has 7 nitrogen and oxygen atoms in total. The van der Waals surface area contributed by atoms with Gasteiger partial charge in [-0.05, 0) is 26.0 Å². The van der Waals surface area contributed by atoms with Crippen LogP contribution in [0, 0.1) is 11.3 Å². The highest BCUT2D eigenvalue weighted by Crippen LogP contribution is 2.15. The number of rotatable bonds is 2. The topological polar surface area (TPSA) is 89.3 Å². The van der Waals surface area contributed by atoms with Crippen LogP contribution in [0.1, 0.15) is 19.5 Å². The monoisotopic (exact) mass is 301 g/mol. The van der Waals surface area contributed by atoms with Gasteiger partial charge in [0.2, 0.25) is 0 Å². The standard InChI is InChI=1S/C15H19N5O2/c1-11(2)18-14(21)15(22)20-7-5-19(6-8-20)13-4-3-12(9-16)17-10-13/h3-4,10-11H,5-8H2,1-2H3,(H,18,21). The number of aromatic nitrogens is 1. The van der Waals surface area contributed by atoms with Crippen LogP contribution in [0.3, 0.4) is 0 Å².